The lowest BCUT2D eigenvalue weighted by molar-refractivity contribution is 0.249. The summed E-state index contributed by atoms with van der Waals surface area (Å²) in [6.07, 6.45) is 1.26. The van der Waals surface area contributed by atoms with Crippen molar-refractivity contribution in [3.8, 4) is 5.69 Å². The fraction of sp³-hybridized carbons (Fsp3) is 0.0833. The SMILES string of the molecule is Cc1[nH]n(-c2ccccc2)c(=O)c1C=NNC(N)=O. The first kappa shape index (κ1) is 12.6. The maximum atomic E-state index is 12.2. The van der Waals surface area contributed by atoms with Crippen LogP contribution in [0.25, 0.3) is 5.69 Å². The number of H-pyrrole nitrogens is 1. The maximum Gasteiger partial charge on any atom is 0.332 e. The lowest BCUT2D eigenvalue weighted by Gasteiger charge is -1.99. The van der Waals surface area contributed by atoms with E-state index in [2.05, 4.69) is 10.2 Å². The lowest BCUT2D eigenvalue weighted by Crippen LogP contribution is -2.25. The zero-order valence-corrected chi connectivity index (χ0v) is 10.3. The number of aryl methyl sites for hydroxylation is 1. The Bertz CT molecular complexity index is 669. The van der Waals surface area contributed by atoms with Crippen molar-refractivity contribution in [1.82, 2.24) is 15.2 Å². The molecular formula is C12H13N5O2. The van der Waals surface area contributed by atoms with E-state index < -0.39 is 6.03 Å². The molecular weight excluding hydrogens is 246 g/mol. The minimum atomic E-state index is -0.784. The monoisotopic (exact) mass is 259 g/mol. The van der Waals surface area contributed by atoms with E-state index in [9.17, 15) is 9.59 Å². The Morgan fingerprint density at radius 2 is 2.11 bits per heavy atom. The van der Waals surface area contributed by atoms with Crippen molar-refractivity contribution >= 4 is 12.2 Å². The minimum Gasteiger partial charge on any atom is -0.350 e. The molecule has 0 aliphatic heterocycles. The highest BCUT2D eigenvalue weighted by atomic mass is 16.2. The van der Waals surface area contributed by atoms with Gasteiger partial charge in [0, 0.05) is 5.69 Å². The molecule has 2 aromatic rings. The van der Waals surface area contributed by atoms with Gasteiger partial charge in [0.05, 0.1) is 17.5 Å². The second-order valence-electron chi connectivity index (χ2n) is 3.86. The van der Waals surface area contributed by atoms with Gasteiger partial charge < -0.3 is 5.73 Å². The highest BCUT2D eigenvalue weighted by Crippen LogP contribution is 2.05. The number of nitrogens with two attached hydrogens (primary N) is 1. The van der Waals surface area contributed by atoms with Crippen molar-refractivity contribution in [3.63, 3.8) is 0 Å². The van der Waals surface area contributed by atoms with Crippen molar-refractivity contribution in [2.24, 2.45) is 10.8 Å². The number of aromatic amines is 1. The molecule has 7 nitrogen and oxygen atoms in total. The molecule has 7 heteroatoms. The molecule has 0 fully saturated rings. The van der Waals surface area contributed by atoms with Crippen molar-refractivity contribution in [2.45, 2.75) is 6.92 Å². The quantitative estimate of drug-likeness (QED) is 0.551. The predicted molar refractivity (Wildman–Crippen MR) is 71.4 cm³/mol. The molecule has 0 spiro atoms. The van der Waals surface area contributed by atoms with Crippen LogP contribution in [0, 0.1) is 6.92 Å². The fourth-order valence-corrected chi connectivity index (χ4v) is 1.63. The number of para-hydroxylation sites is 1. The third-order valence-corrected chi connectivity index (χ3v) is 2.50. The number of urea groups is 1. The Hall–Kier alpha value is -2.83. The van der Waals surface area contributed by atoms with Gasteiger partial charge in [-0.1, -0.05) is 18.2 Å². The largest absolute Gasteiger partial charge is 0.350 e. The molecule has 0 saturated carbocycles. The van der Waals surface area contributed by atoms with E-state index in [1.54, 1.807) is 19.1 Å². The number of primary amides is 1. The number of carbonyl (C=O) groups excluding carboxylic acids is 1. The topological polar surface area (TPSA) is 105 Å². The molecule has 1 heterocycles. The van der Waals surface area contributed by atoms with Gasteiger partial charge in [-0.3, -0.25) is 9.89 Å². The fourth-order valence-electron chi connectivity index (χ4n) is 1.63. The van der Waals surface area contributed by atoms with E-state index in [0.29, 0.717) is 11.3 Å². The van der Waals surface area contributed by atoms with Gasteiger partial charge in [0.15, 0.2) is 0 Å². The normalized spacial score (nSPS) is 10.8. The van der Waals surface area contributed by atoms with Crippen LogP contribution in [0.15, 0.2) is 40.2 Å². The number of nitrogens with one attached hydrogen (secondary N) is 2. The number of hydrazone groups is 1. The Morgan fingerprint density at radius 3 is 2.74 bits per heavy atom. The summed E-state index contributed by atoms with van der Waals surface area (Å²) in [5.74, 6) is 0. The van der Waals surface area contributed by atoms with E-state index in [0.717, 1.165) is 5.69 Å². The second-order valence-corrected chi connectivity index (χ2v) is 3.86. The summed E-state index contributed by atoms with van der Waals surface area (Å²) < 4.78 is 1.40. The number of amides is 2. The minimum absolute atomic E-state index is 0.251. The van der Waals surface area contributed by atoms with Crippen LogP contribution in [0.3, 0.4) is 0 Å². The summed E-state index contributed by atoms with van der Waals surface area (Å²) in [5.41, 5.74) is 8.39. The van der Waals surface area contributed by atoms with Crippen molar-refractivity contribution < 1.29 is 4.79 Å². The van der Waals surface area contributed by atoms with E-state index >= 15 is 0 Å². The zero-order chi connectivity index (χ0) is 13.8. The molecule has 4 N–H and O–H groups in total. The molecule has 1 aromatic carbocycles. The van der Waals surface area contributed by atoms with Gasteiger partial charge in [-0.25, -0.2) is 14.9 Å². The summed E-state index contributed by atoms with van der Waals surface area (Å²) in [7, 11) is 0. The van der Waals surface area contributed by atoms with E-state index in [-0.39, 0.29) is 5.56 Å². The van der Waals surface area contributed by atoms with Crippen LogP contribution in [0.4, 0.5) is 4.79 Å². The van der Waals surface area contributed by atoms with Crippen LogP contribution >= 0.6 is 0 Å². The Morgan fingerprint density at radius 1 is 1.42 bits per heavy atom. The number of nitrogens with zero attached hydrogens (tertiary/aromatic N) is 2. The van der Waals surface area contributed by atoms with Gasteiger partial charge in [-0.05, 0) is 19.1 Å². The highest BCUT2D eigenvalue weighted by molar-refractivity contribution is 5.82. The van der Waals surface area contributed by atoms with Gasteiger partial charge in [-0.15, -0.1) is 0 Å². The molecule has 2 amide bonds. The first-order valence-corrected chi connectivity index (χ1v) is 5.55. The summed E-state index contributed by atoms with van der Waals surface area (Å²) >= 11 is 0. The second kappa shape index (κ2) is 5.21. The van der Waals surface area contributed by atoms with Crippen molar-refractivity contribution in [1.29, 1.82) is 0 Å². The van der Waals surface area contributed by atoms with Crippen LogP contribution in [0.2, 0.25) is 0 Å². The van der Waals surface area contributed by atoms with Crippen LogP contribution in [-0.2, 0) is 0 Å². The smallest absolute Gasteiger partial charge is 0.332 e. The first-order valence-electron chi connectivity index (χ1n) is 5.55. The Balaban J connectivity index is 2.38. The average Bonchev–Trinajstić information content (AvgIpc) is 2.67. The van der Waals surface area contributed by atoms with E-state index in [1.165, 1.54) is 10.9 Å². The molecule has 1 aromatic heterocycles. The van der Waals surface area contributed by atoms with Crippen LogP contribution in [0.1, 0.15) is 11.3 Å². The molecule has 2 rings (SSSR count). The third-order valence-electron chi connectivity index (χ3n) is 2.50. The van der Waals surface area contributed by atoms with Crippen LogP contribution in [0.5, 0.6) is 0 Å². The van der Waals surface area contributed by atoms with Crippen LogP contribution in [-0.4, -0.2) is 22.0 Å². The number of rotatable bonds is 3. The van der Waals surface area contributed by atoms with E-state index in [1.807, 2.05) is 23.6 Å². The van der Waals surface area contributed by atoms with Crippen molar-refractivity contribution in [2.75, 3.05) is 0 Å². The Kier molecular flexibility index (Phi) is 3.46. The van der Waals surface area contributed by atoms with Gasteiger partial charge in [0.25, 0.3) is 5.56 Å². The Labute approximate surface area is 108 Å². The van der Waals surface area contributed by atoms with Crippen molar-refractivity contribution in [3.05, 3.63) is 51.9 Å². The van der Waals surface area contributed by atoms with E-state index in [4.69, 9.17) is 5.73 Å². The third kappa shape index (κ3) is 2.71. The summed E-state index contributed by atoms with van der Waals surface area (Å²) in [6, 6.07) is 8.36. The highest BCUT2D eigenvalue weighted by Gasteiger charge is 2.10. The summed E-state index contributed by atoms with van der Waals surface area (Å²) in [6.45, 7) is 1.74. The van der Waals surface area contributed by atoms with Gasteiger partial charge >= 0.3 is 6.03 Å². The molecule has 0 saturated heterocycles. The maximum absolute atomic E-state index is 12.2. The molecule has 0 bridgehead atoms. The molecule has 0 aliphatic rings. The molecule has 0 unspecified atom stereocenters. The molecule has 0 radical (unpaired) electrons. The summed E-state index contributed by atoms with van der Waals surface area (Å²) in [4.78, 5) is 22.7. The number of hydrogen-bond donors (Lipinski definition) is 3. The molecule has 0 aliphatic carbocycles. The van der Waals surface area contributed by atoms with Gasteiger partial charge in [-0.2, -0.15) is 5.10 Å². The van der Waals surface area contributed by atoms with Gasteiger partial charge in [0.2, 0.25) is 0 Å². The zero-order valence-electron chi connectivity index (χ0n) is 10.3. The molecule has 98 valence electrons. The van der Waals surface area contributed by atoms with Crippen LogP contribution < -0.4 is 16.7 Å². The lowest BCUT2D eigenvalue weighted by atomic mass is 10.3. The summed E-state index contributed by atoms with van der Waals surface area (Å²) in [5, 5.41) is 6.52. The van der Waals surface area contributed by atoms with Gasteiger partial charge in [0.1, 0.15) is 0 Å². The molecule has 0 atom stereocenters. The number of benzene rings is 1. The number of hydrogen-bond acceptors (Lipinski definition) is 3. The number of aromatic nitrogens is 2. The standard InChI is InChI=1S/C12H13N5O2/c1-8-10(7-14-15-12(13)19)11(18)17(16-8)9-5-3-2-4-6-9/h2-7,16H,1H3,(H3,13,15,19). The predicted octanol–water partition coefficient (Wildman–Crippen LogP) is 0.476. The molecule has 19 heavy (non-hydrogen) atoms. The average molecular weight is 259 g/mol. The first-order chi connectivity index (χ1) is 9.09. The number of carbonyl (C=O) groups is 1.